The van der Waals surface area contributed by atoms with Gasteiger partial charge in [0.2, 0.25) is 5.88 Å². The largest absolute Gasteiger partial charge is 0.483 e. The monoisotopic (exact) mass is 295 g/mol. The van der Waals surface area contributed by atoms with E-state index in [4.69, 9.17) is 14.6 Å². The molecule has 0 spiro atoms. The molecule has 0 aliphatic carbocycles. The molecule has 0 aliphatic rings. The number of methoxy groups -OCH3 is 1. The molecule has 110 valence electrons. The van der Waals surface area contributed by atoms with E-state index in [-0.39, 0.29) is 12.5 Å². The van der Waals surface area contributed by atoms with Gasteiger partial charge in [-0.3, -0.25) is 0 Å². The Kier molecular flexibility index (Phi) is 4.32. The van der Waals surface area contributed by atoms with Crippen molar-refractivity contribution in [1.82, 2.24) is 4.98 Å². The van der Waals surface area contributed by atoms with Crippen LogP contribution < -0.4 is 9.47 Å². The van der Waals surface area contributed by atoms with E-state index >= 15 is 0 Å². The van der Waals surface area contributed by atoms with Crippen LogP contribution in [-0.2, 0) is 6.61 Å². The highest BCUT2D eigenvalue weighted by atomic mass is 19.1. The van der Waals surface area contributed by atoms with Crippen molar-refractivity contribution < 1.29 is 28.2 Å². The fourth-order valence-corrected chi connectivity index (χ4v) is 1.69. The van der Waals surface area contributed by atoms with Crippen LogP contribution in [-0.4, -0.2) is 23.2 Å². The molecule has 2 rings (SSSR count). The van der Waals surface area contributed by atoms with Crippen LogP contribution in [0.15, 0.2) is 30.5 Å². The molecule has 0 aliphatic heterocycles. The fourth-order valence-electron chi connectivity index (χ4n) is 1.69. The Morgan fingerprint density at radius 2 is 2.00 bits per heavy atom. The maximum Gasteiger partial charge on any atom is 0.335 e. The highest BCUT2D eigenvalue weighted by molar-refractivity contribution is 5.87. The molecule has 0 atom stereocenters. The summed E-state index contributed by atoms with van der Waals surface area (Å²) in [5.74, 6) is -3.97. The average Bonchev–Trinajstić information content (AvgIpc) is 2.46. The van der Waals surface area contributed by atoms with Crippen LogP contribution in [0.3, 0.4) is 0 Å². The Labute approximate surface area is 118 Å². The number of carboxylic acids is 1. The number of carbonyl (C=O) groups is 1. The first kappa shape index (κ1) is 14.7. The number of ether oxygens (including phenoxy) is 2. The summed E-state index contributed by atoms with van der Waals surface area (Å²) in [4.78, 5) is 14.6. The second-order valence-electron chi connectivity index (χ2n) is 4.03. The number of pyridine rings is 1. The number of benzene rings is 1. The molecule has 7 heteroatoms. The summed E-state index contributed by atoms with van der Waals surface area (Å²) in [6.45, 7) is -0.169. The third-order valence-corrected chi connectivity index (χ3v) is 2.66. The van der Waals surface area contributed by atoms with Crippen LogP contribution >= 0.6 is 0 Å². The first-order chi connectivity index (χ1) is 10.0. The Bertz CT molecular complexity index is 653. The van der Waals surface area contributed by atoms with Crippen LogP contribution in [0.2, 0.25) is 0 Å². The highest BCUT2D eigenvalue weighted by Crippen LogP contribution is 2.25. The number of hydrogen-bond donors (Lipinski definition) is 1. The van der Waals surface area contributed by atoms with E-state index in [2.05, 4.69) is 4.98 Å². The van der Waals surface area contributed by atoms with Gasteiger partial charge in [-0.05, 0) is 24.3 Å². The number of aromatic nitrogens is 1. The molecule has 0 radical (unpaired) electrons. The van der Waals surface area contributed by atoms with Crippen LogP contribution in [0.25, 0.3) is 0 Å². The zero-order chi connectivity index (χ0) is 15.4. The van der Waals surface area contributed by atoms with Crippen molar-refractivity contribution in [3.63, 3.8) is 0 Å². The predicted octanol–water partition coefficient (Wildman–Crippen LogP) is 2.65. The summed E-state index contributed by atoms with van der Waals surface area (Å²) < 4.78 is 37.4. The first-order valence-electron chi connectivity index (χ1n) is 5.86. The Hall–Kier alpha value is -2.70. The maximum absolute atomic E-state index is 13.7. The van der Waals surface area contributed by atoms with Gasteiger partial charge in [-0.2, -0.15) is 0 Å². The van der Waals surface area contributed by atoms with Crippen molar-refractivity contribution in [3.05, 3.63) is 53.2 Å². The van der Waals surface area contributed by atoms with Gasteiger partial charge < -0.3 is 14.6 Å². The molecule has 21 heavy (non-hydrogen) atoms. The third-order valence-electron chi connectivity index (χ3n) is 2.66. The molecule has 0 saturated carbocycles. The minimum absolute atomic E-state index is 0.169. The van der Waals surface area contributed by atoms with Crippen molar-refractivity contribution in [2.24, 2.45) is 0 Å². The van der Waals surface area contributed by atoms with Crippen molar-refractivity contribution in [2.75, 3.05) is 7.11 Å². The molecule has 0 amide bonds. The quantitative estimate of drug-likeness (QED) is 0.918. The van der Waals surface area contributed by atoms with E-state index in [9.17, 15) is 13.6 Å². The minimum Gasteiger partial charge on any atom is -0.483 e. The van der Waals surface area contributed by atoms with Crippen molar-refractivity contribution in [2.45, 2.75) is 6.61 Å². The van der Waals surface area contributed by atoms with E-state index < -0.39 is 28.9 Å². The van der Waals surface area contributed by atoms with Gasteiger partial charge in [0, 0.05) is 6.20 Å². The average molecular weight is 295 g/mol. The minimum atomic E-state index is -1.42. The number of rotatable bonds is 5. The van der Waals surface area contributed by atoms with Gasteiger partial charge in [-0.15, -0.1) is 0 Å². The van der Waals surface area contributed by atoms with Gasteiger partial charge in [0.05, 0.1) is 18.2 Å². The van der Waals surface area contributed by atoms with Gasteiger partial charge in [0.15, 0.2) is 17.4 Å². The van der Waals surface area contributed by atoms with E-state index in [1.165, 1.54) is 13.3 Å². The third kappa shape index (κ3) is 3.25. The summed E-state index contributed by atoms with van der Waals surface area (Å²) in [6.07, 6.45) is 1.51. The van der Waals surface area contributed by atoms with Crippen molar-refractivity contribution in [3.8, 4) is 11.6 Å². The Balaban J connectivity index is 2.22. The summed E-state index contributed by atoms with van der Waals surface area (Å²) in [6, 6.07) is 4.65. The van der Waals surface area contributed by atoms with Gasteiger partial charge in [0.1, 0.15) is 6.61 Å². The predicted molar refractivity (Wildman–Crippen MR) is 68.4 cm³/mol. The lowest BCUT2D eigenvalue weighted by molar-refractivity contribution is 0.0695. The van der Waals surface area contributed by atoms with Crippen LogP contribution in [0.4, 0.5) is 8.78 Å². The topological polar surface area (TPSA) is 68.7 Å². The van der Waals surface area contributed by atoms with E-state index in [1.54, 1.807) is 12.1 Å². The molecule has 1 N–H and O–H groups in total. The summed E-state index contributed by atoms with van der Waals surface area (Å²) in [5.41, 5.74) is 0.0115. The van der Waals surface area contributed by atoms with Gasteiger partial charge in [-0.1, -0.05) is 0 Å². The molecule has 0 fully saturated rings. The van der Waals surface area contributed by atoms with Crippen LogP contribution in [0.1, 0.15) is 15.9 Å². The van der Waals surface area contributed by atoms with E-state index in [0.29, 0.717) is 17.7 Å². The summed E-state index contributed by atoms with van der Waals surface area (Å²) >= 11 is 0. The molecule has 1 aromatic heterocycles. The molecular weight excluding hydrogens is 284 g/mol. The smallest absolute Gasteiger partial charge is 0.335 e. The zero-order valence-corrected chi connectivity index (χ0v) is 11.0. The molecule has 5 nitrogen and oxygen atoms in total. The molecule has 1 aromatic carbocycles. The van der Waals surface area contributed by atoms with Gasteiger partial charge in [-0.25, -0.2) is 18.6 Å². The standard InChI is InChI=1S/C14H11F2NO4/c1-20-13-8(3-2-4-17-13)7-21-12-10(15)5-9(14(18)19)6-11(12)16/h2-6H,7H2,1H3,(H,18,19). The normalized spacial score (nSPS) is 10.2. The van der Waals surface area contributed by atoms with Crippen LogP contribution in [0, 0.1) is 11.6 Å². The van der Waals surface area contributed by atoms with E-state index in [0.717, 1.165) is 0 Å². The molecular formula is C14H11F2NO4. The number of hydrogen-bond acceptors (Lipinski definition) is 4. The molecule has 2 aromatic rings. The maximum atomic E-state index is 13.7. The first-order valence-corrected chi connectivity index (χ1v) is 5.86. The Morgan fingerprint density at radius 1 is 1.33 bits per heavy atom. The number of halogens is 2. The molecule has 0 unspecified atom stereocenters. The second kappa shape index (κ2) is 6.17. The zero-order valence-electron chi connectivity index (χ0n) is 11.0. The number of nitrogens with zero attached hydrogens (tertiary/aromatic N) is 1. The summed E-state index contributed by atoms with van der Waals surface area (Å²) in [5, 5.41) is 8.70. The molecule has 0 saturated heterocycles. The lowest BCUT2D eigenvalue weighted by atomic mass is 10.2. The second-order valence-corrected chi connectivity index (χ2v) is 4.03. The van der Waals surface area contributed by atoms with Gasteiger partial charge in [0.25, 0.3) is 0 Å². The lowest BCUT2D eigenvalue weighted by Gasteiger charge is -2.11. The van der Waals surface area contributed by atoms with Crippen molar-refractivity contribution in [1.29, 1.82) is 0 Å². The molecule has 0 bridgehead atoms. The molecule has 1 heterocycles. The van der Waals surface area contributed by atoms with Gasteiger partial charge >= 0.3 is 5.97 Å². The highest BCUT2D eigenvalue weighted by Gasteiger charge is 2.16. The van der Waals surface area contributed by atoms with Crippen molar-refractivity contribution >= 4 is 5.97 Å². The Morgan fingerprint density at radius 3 is 2.57 bits per heavy atom. The number of carboxylic acid groups (broad SMARTS) is 1. The summed E-state index contributed by atoms with van der Waals surface area (Å²) in [7, 11) is 1.41. The fraction of sp³-hybridized carbons (Fsp3) is 0.143. The van der Waals surface area contributed by atoms with E-state index in [1.807, 2.05) is 0 Å². The SMILES string of the molecule is COc1ncccc1COc1c(F)cc(C(=O)O)cc1F. The van der Waals surface area contributed by atoms with Crippen LogP contribution in [0.5, 0.6) is 11.6 Å². The number of aromatic carboxylic acids is 1. The lowest BCUT2D eigenvalue weighted by Crippen LogP contribution is -2.05.